The fraction of sp³-hybridized carbons (Fsp3) is 0.294. The van der Waals surface area contributed by atoms with E-state index in [1.807, 2.05) is 31.2 Å². The smallest absolute Gasteiger partial charge is 0.240 e. The lowest BCUT2D eigenvalue weighted by Crippen LogP contribution is -2.29. The third-order valence-electron chi connectivity index (χ3n) is 3.56. The monoisotopic (exact) mass is 335 g/mol. The van der Waals surface area contributed by atoms with Crippen molar-refractivity contribution in [3.8, 4) is 5.75 Å². The Morgan fingerprint density at radius 3 is 2.13 bits per heavy atom. The molecule has 0 saturated heterocycles. The highest BCUT2D eigenvalue weighted by atomic mass is 32.2. The van der Waals surface area contributed by atoms with Gasteiger partial charge in [0.25, 0.3) is 0 Å². The summed E-state index contributed by atoms with van der Waals surface area (Å²) in [5, 5.41) is 0. The van der Waals surface area contributed by atoms with Crippen LogP contribution in [0.4, 0.5) is 0 Å². The summed E-state index contributed by atoms with van der Waals surface area (Å²) in [7, 11) is -0.411. The van der Waals surface area contributed by atoms with Gasteiger partial charge >= 0.3 is 0 Å². The highest BCUT2D eigenvalue weighted by Crippen LogP contribution is 2.20. The molecule has 2 aromatic carbocycles. The molecular formula is C17H21NO4S. The molecule has 2 aromatic rings. The van der Waals surface area contributed by atoms with Crippen molar-refractivity contribution in [3.05, 3.63) is 59.7 Å². The molecule has 0 radical (unpaired) electrons. The molecule has 0 aliphatic rings. The zero-order valence-electron chi connectivity index (χ0n) is 13.4. The van der Waals surface area contributed by atoms with Gasteiger partial charge in [-0.3, -0.25) is 0 Å². The Morgan fingerprint density at radius 2 is 1.61 bits per heavy atom. The number of methoxy groups -OCH3 is 2. The molecule has 1 atom stereocenters. The summed E-state index contributed by atoms with van der Waals surface area (Å²) in [4.78, 5) is 0.243. The second-order valence-electron chi connectivity index (χ2n) is 5.16. The Morgan fingerprint density at radius 1 is 1.00 bits per heavy atom. The predicted octanol–water partition coefficient (Wildman–Crippen LogP) is 2.67. The first-order chi connectivity index (χ1) is 11.0. The lowest BCUT2D eigenvalue weighted by atomic mass is 10.1. The molecule has 0 saturated carbocycles. The number of aryl methyl sites for hydroxylation is 1. The molecular weight excluding hydrogens is 314 g/mol. The number of sulfonamides is 1. The summed E-state index contributed by atoms with van der Waals surface area (Å²) in [5.41, 5.74) is 1.89. The van der Waals surface area contributed by atoms with Gasteiger partial charge in [-0.2, -0.15) is 0 Å². The summed E-state index contributed by atoms with van der Waals surface area (Å²) >= 11 is 0. The number of rotatable bonds is 7. The first-order valence-corrected chi connectivity index (χ1v) is 8.67. The molecule has 5 nitrogen and oxygen atoms in total. The number of hydrogen-bond donors (Lipinski definition) is 1. The molecule has 0 bridgehead atoms. The molecule has 124 valence electrons. The quantitative estimate of drug-likeness (QED) is 0.845. The van der Waals surface area contributed by atoms with Gasteiger partial charge in [-0.05, 0) is 36.8 Å². The van der Waals surface area contributed by atoms with E-state index in [1.54, 1.807) is 38.5 Å². The fourth-order valence-electron chi connectivity index (χ4n) is 2.14. The van der Waals surface area contributed by atoms with Crippen molar-refractivity contribution in [3.63, 3.8) is 0 Å². The second kappa shape index (κ2) is 7.59. The number of hydrogen-bond acceptors (Lipinski definition) is 4. The van der Waals surface area contributed by atoms with Gasteiger partial charge < -0.3 is 9.47 Å². The largest absolute Gasteiger partial charge is 0.497 e. The highest BCUT2D eigenvalue weighted by molar-refractivity contribution is 7.89. The maximum Gasteiger partial charge on any atom is 0.240 e. The van der Waals surface area contributed by atoms with Crippen LogP contribution in [0.25, 0.3) is 0 Å². The van der Waals surface area contributed by atoms with E-state index < -0.39 is 10.0 Å². The van der Waals surface area contributed by atoms with E-state index in [9.17, 15) is 8.42 Å². The number of nitrogens with one attached hydrogen (secondary N) is 1. The summed E-state index contributed by atoms with van der Waals surface area (Å²) in [6.45, 7) is 2.06. The van der Waals surface area contributed by atoms with Crippen LogP contribution in [0.3, 0.4) is 0 Å². The third-order valence-corrected chi connectivity index (χ3v) is 5.00. The van der Waals surface area contributed by atoms with Crippen LogP contribution in [0.1, 0.15) is 17.2 Å². The van der Waals surface area contributed by atoms with Crippen molar-refractivity contribution in [2.45, 2.75) is 17.9 Å². The first-order valence-electron chi connectivity index (χ1n) is 7.19. The first kappa shape index (κ1) is 17.5. The minimum atomic E-state index is -3.56. The highest BCUT2D eigenvalue weighted by Gasteiger charge is 2.18. The lowest BCUT2D eigenvalue weighted by molar-refractivity contribution is 0.107. The maximum atomic E-state index is 12.3. The van der Waals surface area contributed by atoms with Crippen LogP contribution in [-0.2, 0) is 14.8 Å². The molecule has 0 aliphatic carbocycles. The van der Waals surface area contributed by atoms with Crippen LogP contribution >= 0.6 is 0 Å². The van der Waals surface area contributed by atoms with E-state index in [0.717, 1.165) is 16.9 Å². The Hall–Kier alpha value is -1.89. The predicted molar refractivity (Wildman–Crippen MR) is 89.1 cm³/mol. The second-order valence-corrected chi connectivity index (χ2v) is 6.93. The summed E-state index contributed by atoms with van der Waals surface area (Å²) < 4.78 is 37.7. The molecule has 1 N–H and O–H groups in total. The van der Waals surface area contributed by atoms with Crippen LogP contribution in [-0.4, -0.2) is 29.2 Å². The Kier molecular flexibility index (Phi) is 5.76. The molecule has 6 heteroatoms. The van der Waals surface area contributed by atoms with Crippen molar-refractivity contribution in [1.29, 1.82) is 0 Å². The zero-order chi connectivity index (χ0) is 16.9. The van der Waals surface area contributed by atoms with E-state index in [-0.39, 0.29) is 17.5 Å². The topological polar surface area (TPSA) is 64.6 Å². The average Bonchev–Trinajstić information content (AvgIpc) is 2.56. The maximum absolute atomic E-state index is 12.3. The lowest BCUT2D eigenvalue weighted by Gasteiger charge is -2.17. The van der Waals surface area contributed by atoms with E-state index in [0.29, 0.717) is 0 Å². The fourth-order valence-corrected chi connectivity index (χ4v) is 3.17. The minimum Gasteiger partial charge on any atom is -0.497 e. The van der Waals surface area contributed by atoms with E-state index in [2.05, 4.69) is 4.72 Å². The molecule has 0 amide bonds. The van der Waals surface area contributed by atoms with Gasteiger partial charge in [0.05, 0.1) is 18.1 Å². The van der Waals surface area contributed by atoms with Gasteiger partial charge in [-0.15, -0.1) is 0 Å². The summed E-state index contributed by atoms with van der Waals surface area (Å²) in [6.07, 6.45) is -0.374. The van der Waals surface area contributed by atoms with Gasteiger partial charge in [0.2, 0.25) is 10.0 Å². The van der Waals surface area contributed by atoms with Crippen molar-refractivity contribution in [1.82, 2.24) is 4.72 Å². The molecule has 23 heavy (non-hydrogen) atoms. The van der Waals surface area contributed by atoms with Gasteiger partial charge in [0.15, 0.2) is 0 Å². The van der Waals surface area contributed by atoms with Gasteiger partial charge in [0.1, 0.15) is 5.75 Å². The molecule has 0 aromatic heterocycles. The molecule has 0 aliphatic heterocycles. The summed E-state index contributed by atoms with van der Waals surface area (Å²) in [5.74, 6) is 0.740. The Bertz CT molecular complexity index is 724. The van der Waals surface area contributed by atoms with Gasteiger partial charge in [-0.1, -0.05) is 29.8 Å². The van der Waals surface area contributed by atoms with E-state index in [1.165, 1.54) is 0 Å². The van der Waals surface area contributed by atoms with E-state index >= 15 is 0 Å². The van der Waals surface area contributed by atoms with Crippen LogP contribution in [0.15, 0.2) is 53.4 Å². The van der Waals surface area contributed by atoms with Gasteiger partial charge in [0, 0.05) is 13.7 Å². The van der Waals surface area contributed by atoms with Crippen LogP contribution in [0, 0.1) is 6.92 Å². The van der Waals surface area contributed by atoms with Crippen LogP contribution in [0.5, 0.6) is 5.75 Å². The molecule has 1 unspecified atom stereocenters. The normalized spacial score (nSPS) is 12.8. The minimum absolute atomic E-state index is 0.152. The van der Waals surface area contributed by atoms with Crippen molar-refractivity contribution in [2.24, 2.45) is 0 Å². The van der Waals surface area contributed by atoms with E-state index in [4.69, 9.17) is 9.47 Å². The van der Waals surface area contributed by atoms with Crippen molar-refractivity contribution in [2.75, 3.05) is 20.8 Å². The Balaban J connectivity index is 2.08. The SMILES string of the molecule is COc1ccc(C(CNS(=O)(=O)c2ccc(C)cc2)OC)cc1. The molecule has 0 fully saturated rings. The van der Waals surface area contributed by atoms with Crippen molar-refractivity contribution < 1.29 is 17.9 Å². The van der Waals surface area contributed by atoms with Crippen LogP contribution < -0.4 is 9.46 Å². The van der Waals surface area contributed by atoms with Crippen LogP contribution in [0.2, 0.25) is 0 Å². The summed E-state index contributed by atoms with van der Waals surface area (Å²) in [6, 6.07) is 14.1. The number of ether oxygens (including phenoxy) is 2. The standard InChI is InChI=1S/C17H21NO4S/c1-13-4-10-16(11-5-13)23(19,20)18-12-17(22-3)14-6-8-15(21-2)9-7-14/h4-11,17-18H,12H2,1-3H3. The van der Waals surface area contributed by atoms with Crippen molar-refractivity contribution >= 4 is 10.0 Å². The zero-order valence-corrected chi connectivity index (χ0v) is 14.3. The molecule has 0 spiro atoms. The average molecular weight is 335 g/mol. The van der Waals surface area contributed by atoms with Gasteiger partial charge in [-0.25, -0.2) is 13.1 Å². The molecule has 2 rings (SSSR count). The number of benzene rings is 2. The molecule has 0 heterocycles. The Labute approximate surface area is 137 Å². The third kappa shape index (κ3) is 4.54.